The standard InChI is InChI=1S/C10H12F2S/c1-7-5-6-13-8(2)3-4-9(11)10(7)12/h3-4,7H,2,5-6H2,1H3/b4-3-,10-9-. The summed E-state index contributed by atoms with van der Waals surface area (Å²) in [6, 6.07) is 0. The van der Waals surface area contributed by atoms with Crippen molar-refractivity contribution in [2.45, 2.75) is 13.3 Å². The number of thioether (sulfide) groups is 1. The van der Waals surface area contributed by atoms with E-state index < -0.39 is 11.7 Å². The molecular formula is C10H12F2S. The van der Waals surface area contributed by atoms with Crippen LogP contribution >= 0.6 is 11.8 Å². The Morgan fingerprint density at radius 1 is 1.46 bits per heavy atom. The lowest BCUT2D eigenvalue weighted by molar-refractivity contribution is 0.447. The first-order valence-electron chi connectivity index (χ1n) is 4.16. The molecule has 13 heavy (non-hydrogen) atoms. The molecule has 0 saturated heterocycles. The molecule has 1 aliphatic rings. The first kappa shape index (κ1) is 10.5. The fourth-order valence-electron chi connectivity index (χ4n) is 1.02. The molecule has 1 aliphatic heterocycles. The van der Waals surface area contributed by atoms with E-state index in [4.69, 9.17) is 0 Å². The second-order valence-corrected chi connectivity index (χ2v) is 4.26. The van der Waals surface area contributed by atoms with Gasteiger partial charge in [0.15, 0.2) is 5.83 Å². The molecule has 72 valence electrons. The molecule has 0 fully saturated rings. The van der Waals surface area contributed by atoms with Crippen LogP contribution in [0.15, 0.2) is 35.3 Å². The van der Waals surface area contributed by atoms with Gasteiger partial charge in [-0.1, -0.05) is 13.5 Å². The summed E-state index contributed by atoms with van der Waals surface area (Å²) in [6.07, 6.45) is 3.30. The van der Waals surface area contributed by atoms with Crippen LogP contribution in [0.1, 0.15) is 13.3 Å². The van der Waals surface area contributed by atoms with Gasteiger partial charge in [0, 0.05) is 10.8 Å². The molecule has 0 bridgehead atoms. The average molecular weight is 202 g/mol. The summed E-state index contributed by atoms with van der Waals surface area (Å²) in [6.45, 7) is 5.40. The Morgan fingerprint density at radius 2 is 2.15 bits per heavy atom. The molecule has 0 spiro atoms. The molecule has 1 rings (SSSR count). The highest BCUT2D eigenvalue weighted by molar-refractivity contribution is 8.03. The number of hydrogen-bond donors (Lipinski definition) is 0. The maximum atomic E-state index is 13.1. The highest BCUT2D eigenvalue weighted by atomic mass is 32.2. The van der Waals surface area contributed by atoms with Crippen LogP contribution in [0.2, 0.25) is 0 Å². The maximum absolute atomic E-state index is 13.1. The Morgan fingerprint density at radius 3 is 2.85 bits per heavy atom. The van der Waals surface area contributed by atoms with Gasteiger partial charge in [-0.05, 0) is 24.3 Å². The molecule has 0 aliphatic carbocycles. The third-order valence-electron chi connectivity index (χ3n) is 1.91. The van der Waals surface area contributed by atoms with Gasteiger partial charge in [-0.25, -0.2) is 8.78 Å². The van der Waals surface area contributed by atoms with E-state index in [1.54, 1.807) is 6.92 Å². The monoisotopic (exact) mass is 202 g/mol. The van der Waals surface area contributed by atoms with Crippen molar-refractivity contribution >= 4 is 11.8 Å². The Labute approximate surface area is 81.4 Å². The second kappa shape index (κ2) is 4.61. The van der Waals surface area contributed by atoms with Crippen LogP contribution in [0, 0.1) is 5.92 Å². The predicted octanol–water partition coefficient (Wildman–Crippen LogP) is 3.98. The van der Waals surface area contributed by atoms with Gasteiger partial charge >= 0.3 is 0 Å². The summed E-state index contributed by atoms with van der Waals surface area (Å²) in [5.74, 6) is -0.962. The van der Waals surface area contributed by atoms with Gasteiger partial charge in [-0.15, -0.1) is 11.8 Å². The third-order valence-corrected chi connectivity index (χ3v) is 2.86. The van der Waals surface area contributed by atoms with Crippen LogP contribution in [-0.2, 0) is 0 Å². The van der Waals surface area contributed by atoms with E-state index in [0.29, 0.717) is 6.42 Å². The summed E-state index contributed by atoms with van der Waals surface area (Å²) in [5.41, 5.74) is 0. The summed E-state index contributed by atoms with van der Waals surface area (Å²) in [7, 11) is 0. The molecule has 0 radical (unpaired) electrons. The molecule has 0 N–H and O–H groups in total. The SMILES string of the molecule is C=C1/C=C\C(F)=C(\F)C(C)CCS1. The highest BCUT2D eigenvalue weighted by Gasteiger charge is 2.14. The number of hydrogen-bond acceptors (Lipinski definition) is 1. The minimum absolute atomic E-state index is 0.331. The van der Waals surface area contributed by atoms with Crippen molar-refractivity contribution in [1.29, 1.82) is 0 Å². The number of allylic oxidation sites excluding steroid dienone is 4. The van der Waals surface area contributed by atoms with Crippen LogP contribution in [0.3, 0.4) is 0 Å². The minimum atomic E-state index is -0.767. The molecule has 3 heteroatoms. The Bertz CT molecular complexity index is 266. The number of rotatable bonds is 0. The largest absolute Gasteiger partial charge is 0.208 e. The van der Waals surface area contributed by atoms with Crippen molar-refractivity contribution in [3.8, 4) is 0 Å². The van der Waals surface area contributed by atoms with Gasteiger partial charge in [0.25, 0.3) is 0 Å². The van der Waals surface area contributed by atoms with Crippen molar-refractivity contribution in [3.05, 3.63) is 35.3 Å². The van der Waals surface area contributed by atoms with Crippen LogP contribution in [0.25, 0.3) is 0 Å². The van der Waals surface area contributed by atoms with Crippen molar-refractivity contribution in [3.63, 3.8) is 0 Å². The lowest BCUT2D eigenvalue weighted by atomic mass is 10.1. The van der Waals surface area contributed by atoms with Crippen LogP contribution in [0.4, 0.5) is 8.78 Å². The molecule has 1 unspecified atom stereocenters. The zero-order chi connectivity index (χ0) is 9.84. The van der Waals surface area contributed by atoms with Gasteiger partial charge in [-0.2, -0.15) is 0 Å². The van der Waals surface area contributed by atoms with Gasteiger partial charge in [0.1, 0.15) is 5.83 Å². The molecule has 1 heterocycles. The predicted molar refractivity (Wildman–Crippen MR) is 53.8 cm³/mol. The summed E-state index contributed by atoms with van der Waals surface area (Å²) < 4.78 is 26.1. The maximum Gasteiger partial charge on any atom is 0.154 e. The normalized spacial score (nSPS) is 33.5. The molecule has 0 aromatic heterocycles. The van der Waals surface area contributed by atoms with E-state index in [-0.39, 0.29) is 5.92 Å². The van der Waals surface area contributed by atoms with E-state index in [9.17, 15) is 8.78 Å². The first-order chi connectivity index (χ1) is 6.11. The van der Waals surface area contributed by atoms with E-state index in [0.717, 1.165) is 16.7 Å². The summed E-state index contributed by atoms with van der Waals surface area (Å²) in [4.78, 5) is 0.775. The minimum Gasteiger partial charge on any atom is -0.208 e. The molecule has 1 atom stereocenters. The third kappa shape index (κ3) is 2.99. The van der Waals surface area contributed by atoms with Crippen LogP contribution in [-0.4, -0.2) is 5.75 Å². The summed E-state index contributed by atoms with van der Waals surface area (Å²) in [5, 5.41) is 0. The van der Waals surface area contributed by atoms with Crippen molar-refractivity contribution in [2.75, 3.05) is 5.75 Å². The summed E-state index contributed by atoms with van der Waals surface area (Å²) >= 11 is 1.53. The molecule has 0 nitrogen and oxygen atoms in total. The van der Waals surface area contributed by atoms with Gasteiger partial charge < -0.3 is 0 Å². The Kier molecular flexibility index (Phi) is 3.72. The lowest BCUT2D eigenvalue weighted by Crippen LogP contribution is -1.97. The van der Waals surface area contributed by atoms with Gasteiger partial charge in [-0.3, -0.25) is 0 Å². The van der Waals surface area contributed by atoms with Crippen LogP contribution in [0.5, 0.6) is 0 Å². The molecule has 0 amide bonds. The first-order valence-corrected chi connectivity index (χ1v) is 5.14. The smallest absolute Gasteiger partial charge is 0.154 e. The Hall–Kier alpha value is -0.570. The van der Waals surface area contributed by atoms with E-state index in [1.165, 1.54) is 17.8 Å². The highest BCUT2D eigenvalue weighted by Crippen LogP contribution is 2.28. The van der Waals surface area contributed by atoms with Crippen molar-refractivity contribution < 1.29 is 8.78 Å². The Balaban J connectivity index is 2.87. The topological polar surface area (TPSA) is 0 Å². The van der Waals surface area contributed by atoms with E-state index >= 15 is 0 Å². The fourth-order valence-corrected chi connectivity index (χ4v) is 1.92. The molecule has 0 aromatic rings. The quantitative estimate of drug-likeness (QED) is 0.572. The molecule has 0 aromatic carbocycles. The van der Waals surface area contributed by atoms with E-state index in [2.05, 4.69) is 6.58 Å². The average Bonchev–Trinajstić information content (AvgIpc) is 2.15. The molecule has 0 saturated carbocycles. The zero-order valence-electron chi connectivity index (χ0n) is 7.52. The van der Waals surface area contributed by atoms with Crippen molar-refractivity contribution in [1.82, 2.24) is 0 Å². The van der Waals surface area contributed by atoms with Gasteiger partial charge in [0.2, 0.25) is 0 Å². The van der Waals surface area contributed by atoms with E-state index in [1.807, 2.05) is 0 Å². The lowest BCUT2D eigenvalue weighted by Gasteiger charge is -2.07. The van der Waals surface area contributed by atoms with Crippen LogP contribution < -0.4 is 0 Å². The van der Waals surface area contributed by atoms with Gasteiger partial charge in [0.05, 0.1) is 0 Å². The fraction of sp³-hybridized carbons (Fsp3) is 0.400. The van der Waals surface area contributed by atoms with Crippen molar-refractivity contribution in [2.24, 2.45) is 5.92 Å². The second-order valence-electron chi connectivity index (χ2n) is 3.03. The number of halogens is 2. The zero-order valence-corrected chi connectivity index (χ0v) is 8.33. The molecular weight excluding hydrogens is 190 g/mol.